The van der Waals surface area contributed by atoms with E-state index in [1.165, 1.54) is 0 Å². The summed E-state index contributed by atoms with van der Waals surface area (Å²) in [6, 6.07) is 11.5. The predicted octanol–water partition coefficient (Wildman–Crippen LogP) is 2.99. The molecule has 0 spiro atoms. The van der Waals surface area contributed by atoms with Gasteiger partial charge in [-0.2, -0.15) is 0 Å². The first-order chi connectivity index (χ1) is 12.8. The summed E-state index contributed by atoms with van der Waals surface area (Å²) in [5.74, 6) is -0.193. The number of hydrogen-bond donors (Lipinski definition) is 1. The summed E-state index contributed by atoms with van der Waals surface area (Å²) in [6.45, 7) is 4.65. The zero-order valence-electron chi connectivity index (χ0n) is 16.4. The third kappa shape index (κ3) is 5.44. The van der Waals surface area contributed by atoms with Gasteiger partial charge in [-0.25, -0.2) is 0 Å². The van der Waals surface area contributed by atoms with Gasteiger partial charge in [0.25, 0.3) is 0 Å². The molecule has 27 heavy (non-hydrogen) atoms. The number of likely N-dealkylation sites (N-methyl/N-ethyl adjacent to an activating group) is 1. The monoisotopic (exact) mass is 372 g/mol. The van der Waals surface area contributed by atoms with Crippen molar-refractivity contribution in [3.63, 3.8) is 0 Å². The molecule has 2 aromatic carbocycles. The molecule has 2 rings (SSSR count). The lowest BCUT2D eigenvalue weighted by molar-refractivity contribution is -0.142. The minimum Gasteiger partial charge on any atom is -0.497 e. The van der Waals surface area contributed by atoms with Crippen LogP contribution in [-0.2, 0) is 16.1 Å². The van der Waals surface area contributed by atoms with Crippen LogP contribution in [0, 0.1) is 0 Å². The van der Waals surface area contributed by atoms with Gasteiger partial charge in [-0.3, -0.25) is 14.5 Å². The minimum absolute atomic E-state index is 0.0838. The molecule has 1 unspecified atom stereocenters. The molecule has 0 radical (unpaired) electrons. The Labute approximate surface area is 160 Å². The largest absolute Gasteiger partial charge is 0.497 e. The number of aliphatic carboxylic acids is 1. The average Bonchev–Trinajstić information content (AvgIpc) is 2.65. The van der Waals surface area contributed by atoms with Gasteiger partial charge in [-0.05, 0) is 54.4 Å². The van der Waals surface area contributed by atoms with Crippen LogP contribution >= 0.6 is 0 Å². The molecular formula is C21H28N2O4. The fourth-order valence-corrected chi connectivity index (χ4v) is 3.20. The highest BCUT2D eigenvalue weighted by Gasteiger charge is 2.25. The molecule has 6 heteroatoms. The summed E-state index contributed by atoms with van der Waals surface area (Å²) in [5.41, 5.74) is 1.02. The first-order valence-corrected chi connectivity index (χ1v) is 9.13. The maximum absolute atomic E-state index is 12.8. The van der Waals surface area contributed by atoms with Gasteiger partial charge >= 0.3 is 5.97 Å². The number of carboxylic acid groups (broad SMARTS) is 1. The molecule has 0 fully saturated rings. The topological polar surface area (TPSA) is 70.1 Å². The lowest BCUT2D eigenvalue weighted by Crippen LogP contribution is -2.47. The highest BCUT2D eigenvalue weighted by molar-refractivity contribution is 5.85. The third-order valence-electron chi connectivity index (χ3n) is 4.66. The van der Waals surface area contributed by atoms with E-state index in [1.54, 1.807) is 30.9 Å². The molecule has 0 aromatic heterocycles. The van der Waals surface area contributed by atoms with Gasteiger partial charge in [0.1, 0.15) is 5.75 Å². The molecule has 146 valence electrons. The van der Waals surface area contributed by atoms with Crippen LogP contribution in [0.25, 0.3) is 10.8 Å². The Kier molecular flexibility index (Phi) is 7.19. The van der Waals surface area contributed by atoms with Crippen molar-refractivity contribution < 1.29 is 19.4 Å². The molecule has 1 amide bonds. The number of rotatable bonds is 9. The van der Waals surface area contributed by atoms with Crippen molar-refractivity contribution in [3.8, 4) is 5.75 Å². The van der Waals surface area contributed by atoms with Crippen LogP contribution in [-0.4, -0.2) is 60.1 Å². The Morgan fingerprint density at radius 2 is 1.81 bits per heavy atom. The molecule has 0 aliphatic rings. The minimum atomic E-state index is -0.921. The van der Waals surface area contributed by atoms with Crippen LogP contribution in [0.2, 0.25) is 0 Å². The van der Waals surface area contributed by atoms with Crippen LogP contribution in [0.5, 0.6) is 5.75 Å². The van der Waals surface area contributed by atoms with E-state index < -0.39 is 12.0 Å². The van der Waals surface area contributed by atoms with E-state index in [4.69, 9.17) is 9.84 Å². The van der Waals surface area contributed by atoms with Crippen molar-refractivity contribution in [1.29, 1.82) is 0 Å². The zero-order chi connectivity index (χ0) is 20.0. The van der Waals surface area contributed by atoms with E-state index in [2.05, 4.69) is 6.07 Å². The van der Waals surface area contributed by atoms with Crippen molar-refractivity contribution in [2.24, 2.45) is 0 Å². The number of methoxy groups -OCH3 is 1. The van der Waals surface area contributed by atoms with Gasteiger partial charge in [0, 0.05) is 13.6 Å². The molecule has 0 saturated carbocycles. The van der Waals surface area contributed by atoms with Crippen LogP contribution < -0.4 is 4.74 Å². The van der Waals surface area contributed by atoms with E-state index in [0.717, 1.165) is 28.5 Å². The Morgan fingerprint density at radius 1 is 1.15 bits per heavy atom. The molecule has 0 bridgehead atoms. The summed E-state index contributed by atoms with van der Waals surface area (Å²) in [5, 5.41) is 11.2. The first kappa shape index (κ1) is 20.7. The van der Waals surface area contributed by atoms with E-state index in [9.17, 15) is 9.59 Å². The highest BCUT2D eigenvalue weighted by atomic mass is 16.5. The fourth-order valence-electron chi connectivity index (χ4n) is 3.20. The molecule has 6 nitrogen and oxygen atoms in total. The molecule has 0 aliphatic carbocycles. The predicted molar refractivity (Wildman–Crippen MR) is 106 cm³/mol. The van der Waals surface area contributed by atoms with E-state index in [-0.39, 0.29) is 12.5 Å². The maximum Gasteiger partial charge on any atom is 0.317 e. The van der Waals surface area contributed by atoms with Crippen LogP contribution in [0.15, 0.2) is 36.4 Å². The molecule has 0 heterocycles. The number of ether oxygens (including phenoxy) is 1. The Bertz CT molecular complexity index is 806. The van der Waals surface area contributed by atoms with Crippen LogP contribution in [0.4, 0.5) is 0 Å². The first-order valence-electron chi connectivity index (χ1n) is 9.13. The average molecular weight is 372 g/mol. The van der Waals surface area contributed by atoms with Crippen molar-refractivity contribution in [2.75, 3.05) is 27.2 Å². The van der Waals surface area contributed by atoms with E-state index >= 15 is 0 Å². The van der Waals surface area contributed by atoms with Crippen molar-refractivity contribution in [2.45, 2.75) is 32.9 Å². The zero-order valence-corrected chi connectivity index (χ0v) is 16.4. The lowest BCUT2D eigenvalue weighted by Gasteiger charge is -2.30. The Morgan fingerprint density at radius 3 is 2.44 bits per heavy atom. The number of amides is 1. The molecule has 0 aliphatic heterocycles. The van der Waals surface area contributed by atoms with E-state index in [1.807, 2.05) is 37.3 Å². The molecule has 1 N–H and O–H groups in total. The number of carboxylic acids is 1. The highest BCUT2D eigenvalue weighted by Crippen LogP contribution is 2.22. The number of nitrogens with zero attached hydrogens (tertiary/aromatic N) is 2. The number of carbonyl (C=O) groups is 2. The second-order valence-corrected chi connectivity index (χ2v) is 6.78. The standard InChI is InChI=1S/C21H28N2O4/c1-5-10-23(14-20(24)25)15(2)21(26)22(3)13-16-6-7-18-12-19(27-4)9-8-17(18)11-16/h6-9,11-12,15H,5,10,13-14H2,1-4H3,(H,24,25). The van der Waals surface area contributed by atoms with Crippen molar-refractivity contribution >= 4 is 22.6 Å². The summed E-state index contributed by atoms with van der Waals surface area (Å²) in [7, 11) is 3.39. The van der Waals surface area contributed by atoms with Gasteiger partial charge in [-0.15, -0.1) is 0 Å². The summed E-state index contributed by atoms with van der Waals surface area (Å²) < 4.78 is 5.25. The van der Waals surface area contributed by atoms with Crippen molar-refractivity contribution in [3.05, 3.63) is 42.0 Å². The van der Waals surface area contributed by atoms with Gasteiger partial charge in [0.2, 0.25) is 5.91 Å². The normalized spacial score (nSPS) is 12.2. The number of fused-ring (bicyclic) bond motifs is 1. The van der Waals surface area contributed by atoms with Crippen LogP contribution in [0.3, 0.4) is 0 Å². The van der Waals surface area contributed by atoms with E-state index in [0.29, 0.717) is 13.1 Å². The Balaban J connectivity index is 2.10. The number of hydrogen-bond acceptors (Lipinski definition) is 4. The number of carbonyl (C=O) groups excluding carboxylic acids is 1. The molecular weight excluding hydrogens is 344 g/mol. The summed E-state index contributed by atoms with van der Waals surface area (Å²) >= 11 is 0. The van der Waals surface area contributed by atoms with Gasteiger partial charge in [0.05, 0.1) is 19.7 Å². The van der Waals surface area contributed by atoms with Crippen molar-refractivity contribution in [1.82, 2.24) is 9.80 Å². The van der Waals surface area contributed by atoms with Gasteiger partial charge in [0.15, 0.2) is 0 Å². The van der Waals surface area contributed by atoms with Crippen LogP contribution in [0.1, 0.15) is 25.8 Å². The molecule has 0 saturated heterocycles. The van der Waals surface area contributed by atoms with Gasteiger partial charge in [-0.1, -0.05) is 25.1 Å². The second kappa shape index (κ2) is 9.37. The SMILES string of the molecule is CCCN(CC(=O)O)C(C)C(=O)N(C)Cc1ccc2cc(OC)ccc2c1. The lowest BCUT2D eigenvalue weighted by atomic mass is 10.1. The number of benzene rings is 2. The maximum atomic E-state index is 12.8. The summed E-state index contributed by atoms with van der Waals surface area (Å²) in [4.78, 5) is 27.2. The Hall–Kier alpha value is -2.60. The molecule has 2 aromatic rings. The molecule has 1 atom stereocenters. The fraction of sp³-hybridized carbons (Fsp3) is 0.429. The van der Waals surface area contributed by atoms with Gasteiger partial charge < -0.3 is 14.7 Å². The second-order valence-electron chi connectivity index (χ2n) is 6.78. The summed E-state index contributed by atoms with van der Waals surface area (Å²) in [6.07, 6.45) is 0.794. The smallest absolute Gasteiger partial charge is 0.317 e. The third-order valence-corrected chi connectivity index (χ3v) is 4.66. The quantitative estimate of drug-likeness (QED) is 0.733.